The Hall–Kier alpha value is -1.97. The lowest BCUT2D eigenvalue weighted by molar-refractivity contribution is -0.384. The van der Waals surface area contributed by atoms with Crippen molar-refractivity contribution in [2.45, 2.75) is 0 Å². The predicted molar refractivity (Wildman–Crippen MR) is 97.1 cm³/mol. The Morgan fingerprint density at radius 3 is 2.67 bits per heavy atom. The van der Waals surface area contributed by atoms with Crippen LogP contribution in [0, 0.1) is 10.1 Å². The van der Waals surface area contributed by atoms with Crippen molar-refractivity contribution in [3.05, 3.63) is 38.8 Å². The third-order valence-electron chi connectivity index (χ3n) is 3.85. The molecule has 2 saturated heterocycles. The normalized spacial score (nSPS) is 20.1. The summed E-state index contributed by atoms with van der Waals surface area (Å²) >= 11 is 6.33. The van der Waals surface area contributed by atoms with E-state index in [1.165, 1.54) is 28.8 Å². The van der Waals surface area contributed by atoms with Crippen LogP contribution in [0.3, 0.4) is 0 Å². The number of ether oxygens (including phenoxy) is 1. The van der Waals surface area contributed by atoms with E-state index in [1.807, 2.05) is 0 Å². The summed E-state index contributed by atoms with van der Waals surface area (Å²) in [6.07, 6.45) is 1.68. The first-order valence-corrected chi connectivity index (χ1v) is 8.52. The van der Waals surface area contributed by atoms with Gasteiger partial charge in [0.05, 0.1) is 23.0 Å². The second kappa shape index (κ2) is 6.88. The summed E-state index contributed by atoms with van der Waals surface area (Å²) in [7, 11) is 1.62. The quantitative estimate of drug-likeness (QED) is 0.352. The molecule has 2 heterocycles. The number of likely N-dealkylation sites (N-methyl/N-ethyl adjacent to an activating group) is 1. The van der Waals surface area contributed by atoms with Crippen molar-refractivity contribution in [3.8, 4) is 0 Å². The molecule has 0 spiro atoms. The Morgan fingerprint density at radius 2 is 2.08 bits per heavy atom. The summed E-state index contributed by atoms with van der Waals surface area (Å²) in [5.74, 6) is -0.190. The maximum atomic E-state index is 12.2. The second-order valence-electron chi connectivity index (χ2n) is 5.34. The summed E-state index contributed by atoms with van der Waals surface area (Å²) in [6, 6.07) is 4.70. The summed E-state index contributed by atoms with van der Waals surface area (Å²) in [5, 5.41) is 11.1. The molecule has 0 bridgehead atoms. The first-order chi connectivity index (χ1) is 11.5. The van der Waals surface area contributed by atoms with E-state index in [2.05, 4.69) is 4.90 Å². The van der Waals surface area contributed by atoms with Gasteiger partial charge in [-0.25, -0.2) is 0 Å². The number of carbonyl (C=O) groups excluding carboxylic acids is 1. The van der Waals surface area contributed by atoms with Crippen LogP contribution in [-0.2, 0) is 9.53 Å². The second-order valence-corrected chi connectivity index (χ2v) is 7.02. The van der Waals surface area contributed by atoms with Crippen LogP contribution in [0.25, 0.3) is 6.08 Å². The van der Waals surface area contributed by atoms with Gasteiger partial charge >= 0.3 is 0 Å². The molecule has 1 amide bonds. The molecular weight excluding hydrogens is 350 g/mol. The highest BCUT2D eigenvalue weighted by Gasteiger charge is 2.29. The molecule has 3 rings (SSSR count). The molecule has 0 radical (unpaired) electrons. The zero-order valence-electron chi connectivity index (χ0n) is 12.9. The summed E-state index contributed by atoms with van der Waals surface area (Å²) in [5.41, 5.74) is 1.48. The maximum absolute atomic E-state index is 12.2. The number of thiocarbonyl (C=S) groups is 1. The van der Waals surface area contributed by atoms with Crippen LogP contribution in [0.4, 0.5) is 11.4 Å². The number of morpholine rings is 1. The zero-order valence-corrected chi connectivity index (χ0v) is 14.6. The van der Waals surface area contributed by atoms with Gasteiger partial charge in [-0.3, -0.25) is 19.8 Å². The number of thioether (sulfide) groups is 1. The largest absolute Gasteiger partial charge is 0.378 e. The van der Waals surface area contributed by atoms with Gasteiger partial charge in [0.25, 0.3) is 11.6 Å². The van der Waals surface area contributed by atoms with Gasteiger partial charge in [0.2, 0.25) is 0 Å². The fourth-order valence-electron chi connectivity index (χ4n) is 2.55. The van der Waals surface area contributed by atoms with E-state index in [0.717, 1.165) is 5.69 Å². The molecule has 0 aromatic heterocycles. The molecule has 2 aliphatic heterocycles. The van der Waals surface area contributed by atoms with Gasteiger partial charge in [0, 0.05) is 43.5 Å². The van der Waals surface area contributed by atoms with Crippen molar-refractivity contribution in [1.82, 2.24) is 4.90 Å². The Bertz CT molecular complexity index is 744. The lowest BCUT2D eigenvalue weighted by Gasteiger charge is -2.30. The Balaban J connectivity index is 2.03. The fraction of sp³-hybridized carbons (Fsp3) is 0.333. The Labute approximate surface area is 148 Å². The van der Waals surface area contributed by atoms with E-state index in [1.54, 1.807) is 19.2 Å². The molecule has 0 unspecified atom stereocenters. The van der Waals surface area contributed by atoms with Crippen molar-refractivity contribution >= 4 is 51.7 Å². The molecule has 0 saturated carbocycles. The van der Waals surface area contributed by atoms with Crippen molar-refractivity contribution in [3.63, 3.8) is 0 Å². The Kier molecular flexibility index (Phi) is 4.83. The monoisotopic (exact) mass is 365 g/mol. The first-order valence-electron chi connectivity index (χ1n) is 7.30. The molecule has 0 N–H and O–H groups in total. The molecule has 1 aromatic carbocycles. The van der Waals surface area contributed by atoms with Crippen LogP contribution in [0.5, 0.6) is 0 Å². The minimum absolute atomic E-state index is 0.00904. The number of nitro groups is 1. The number of hydrogen-bond acceptors (Lipinski definition) is 7. The molecule has 1 aromatic rings. The van der Waals surface area contributed by atoms with Gasteiger partial charge in [-0.2, -0.15) is 0 Å². The number of rotatable bonds is 3. The predicted octanol–water partition coefficient (Wildman–Crippen LogP) is 2.26. The standard InChI is InChI=1S/C15H15N3O4S2/c1-16-14(19)13(24-15(16)23)9-10-8-11(18(20)21)2-3-12(10)17-4-6-22-7-5-17/h2-3,8-9H,4-7H2,1H3. The Morgan fingerprint density at radius 1 is 1.38 bits per heavy atom. The van der Waals surface area contributed by atoms with Crippen LogP contribution in [0.2, 0.25) is 0 Å². The smallest absolute Gasteiger partial charge is 0.270 e. The van der Waals surface area contributed by atoms with E-state index in [9.17, 15) is 14.9 Å². The van der Waals surface area contributed by atoms with Crippen LogP contribution < -0.4 is 4.90 Å². The number of anilines is 1. The maximum Gasteiger partial charge on any atom is 0.270 e. The van der Waals surface area contributed by atoms with Crippen molar-refractivity contribution in [1.29, 1.82) is 0 Å². The van der Waals surface area contributed by atoms with E-state index in [-0.39, 0.29) is 11.6 Å². The van der Waals surface area contributed by atoms with Gasteiger partial charge in [-0.05, 0) is 12.1 Å². The van der Waals surface area contributed by atoms with Gasteiger partial charge in [0.15, 0.2) is 0 Å². The van der Waals surface area contributed by atoms with E-state index < -0.39 is 4.92 Å². The highest BCUT2D eigenvalue weighted by atomic mass is 32.2. The van der Waals surface area contributed by atoms with Crippen LogP contribution >= 0.6 is 24.0 Å². The zero-order chi connectivity index (χ0) is 17.3. The van der Waals surface area contributed by atoms with Gasteiger partial charge in [-0.15, -0.1) is 0 Å². The highest BCUT2D eigenvalue weighted by molar-refractivity contribution is 8.26. The van der Waals surface area contributed by atoms with Crippen LogP contribution in [0.1, 0.15) is 5.56 Å². The molecule has 2 aliphatic rings. The topological polar surface area (TPSA) is 75.9 Å². The molecule has 24 heavy (non-hydrogen) atoms. The average Bonchev–Trinajstić information content (AvgIpc) is 2.82. The minimum atomic E-state index is -0.439. The molecule has 0 atom stereocenters. The highest BCUT2D eigenvalue weighted by Crippen LogP contribution is 2.35. The van der Waals surface area contributed by atoms with Crippen LogP contribution in [-0.4, -0.2) is 53.4 Å². The number of hydrogen-bond donors (Lipinski definition) is 0. The number of carbonyl (C=O) groups is 1. The molecule has 2 fully saturated rings. The van der Waals surface area contributed by atoms with Crippen molar-refractivity contribution in [2.75, 3.05) is 38.3 Å². The SMILES string of the molecule is CN1C(=O)C(=Cc2cc([N+](=O)[O-])ccc2N2CCOCC2)SC1=S. The van der Waals surface area contributed by atoms with Crippen molar-refractivity contribution < 1.29 is 14.5 Å². The summed E-state index contributed by atoms with van der Waals surface area (Å²) < 4.78 is 5.83. The molecular formula is C15H15N3O4S2. The third-order valence-corrected chi connectivity index (χ3v) is 5.33. The molecule has 126 valence electrons. The van der Waals surface area contributed by atoms with E-state index in [4.69, 9.17) is 17.0 Å². The van der Waals surface area contributed by atoms with Gasteiger partial charge < -0.3 is 9.64 Å². The van der Waals surface area contributed by atoms with Crippen LogP contribution in [0.15, 0.2) is 23.1 Å². The summed E-state index contributed by atoms with van der Waals surface area (Å²) in [6.45, 7) is 2.61. The average molecular weight is 365 g/mol. The minimum Gasteiger partial charge on any atom is -0.378 e. The van der Waals surface area contributed by atoms with Gasteiger partial charge in [0.1, 0.15) is 4.32 Å². The molecule has 0 aliphatic carbocycles. The van der Waals surface area contributed by atoms with Gasteiger partial charge in [-0.1, -0.05) is 24.0 Å². The number of benzene rings is 1. The number of nitro benzene ring substituents is 1. The van der Waals surface area contributed by atoms with E-state index in [0.29, 0.717) is 41.1 Å². The third kappa shape index (κ3) is 3.28. The number of non-ortho nitro benzene ring substituents is 1. The molecule has 7 nitrogen and oxygen atoms in total. The summed E-state index contributed by atoms with van der Waals surface area (Å²) in [4.78, 5) is 26.8. The molecule has 9 heteroatoms. The lowest BCUT2D eigenvalue weighted by Crippen LogP contribution is -2.36. The van der Waals surface area contributed by atoms with Crippen molar-refractivity contribution in [2.24, 2.45) is 0 Å². The lowest BCUT2D eigenvalue weighted by atomic mass is 10.1. The fourth-order valence-corrected chi connectivity index (χ4v) is 3.72. The first kappa shape index (κ1) is 16.9. The number of nitrogens with zero attached hydrogens (tertiary/aromatic N) is 3. The number of amides is 1. The van der Waals surface area contributed by atoms with E-state index >= 15 is 0 Å².